The summed E-state index contributed by atoms with van der Waals surface area (Å²) in [4.78, 5) is 13.5. The monoisotopic (exact) mass is 290 g/mol. The quantitative estimate of drug-likeness (QED) is 0.282. The Labute approximate surface area is 117 Å². The Morgan fingerprint density at radius 2 is 2.10 bits per heavy atom. The maximum atomic E-state index is 10.9. The van der Waals surface area contributed by atoms with Gasteiger partial charge in [0.25, 0.3) is 0 Å². The first-order chi connectivity index (χ1) is 9.21. The van der Waals surface area contributed by atoms with Crippen LogP contribution in [0.3, 0.4) is 0 Å². The lowest BCUT2D eigenvalue weighted by molar-refractivity contribution is -0.312. The van der Waals surface area contributed by atoms with Crippen molar-refractivity contribution in [3.05, 3.63) is 10.4 Å². The van der Waals surface area contributed by atoms with Gasteiger partial charge in [0.05, 0.1) is 18.8 Å². The number of hydrogen-bond donors (Lipinski definition) is 2. The molecule has 3 atom stereocenters. The molecule has 0 saturated heterocycles. The van der Waals surface area contributed by atoms with Gasteiger partial charge in [-0.1, -0.05) is 5.11 Å². The molecule has 0 aromatic heterocycles. The van der Waals surface area contributed by atoms with Crippen LogP contribution in [0, 0.1) is 0 Å². The summed E-state index contributed by atoms with van der Waals surface area (Å²) in [6, 6.07) is 0. The summed E-state index contributed by atoms with van der Waals surface area (Å²) in [6.07, 6.45) is -2.56. The second-order valence-electron chi connectivity index (χ2n) is 4.59. The maximum Gasteiger partial charge on any atom is 0.242 e. The third kappa shape index (κ3) is 7.93. The molecule has 0 bridgehead atoms. The highest BCUT2D eigenvalue weighted by atomic mass is 16.8. The summed E-state index contributed by atoms with van der Waals surface area (Å²) in [5.41, 5.74) is 8.19. The van der Waals surface area contributed by atoms with Crippen molar-refractivity contribution in [2.24, 2.45) is 5.11 Å². The molecule has 20 heavy (non-hydrogen) atoms. The SMILES string of the molecule is COC(NC(C)=O)OC(C)(C)OC(C)C(O)CN=[N+]=[N-]. The Morgan fingerprint density at radius 3 is 2.55 bits per heavy atom. The molecule has 0 aliphatic heterocycles. The van der Waals surface area contributed by atoms with Crippen molar-refractivity contribution in [2.45, 2.75) is 52.1 Å². The Balaban J connectivity index is 4.47. The third-order valence-electron chi connectivity index (χ3n) is 2.27. The van der Waals surface area contributed by atoms with Crippen LogP contribution in [0.15, 0.2) is 5.11 Å². The molecule has 0 radical (unpaired) electrons. The van der Waals surface area contributed by atoms with Gasteiger partial charge in [0.2, 0.25) is 12.3 Å². The molecule has 3 unspecified atom stereocenters. The summed E-state index contributed by atoms with van der Waals surface area (Å²) in [6.45, 7) is 6.06. The number of azide groups is 1. The average molecular weight is 290 g/mol. The Morgan fingerprint density at radius 1 is 1.50 bits per heavy atom. The minimum absolute atomic E-state index is 0.104. The standard InChI is InChI=1S/C11H22N4O5/c1-7(9(17)6-13-15-12)19-11(3,4)20-10(18-5)14-8(2)16/h7,9-10,17H,6H2,1-5H3,(H,14,16). The van der Waals surface area contributed by atoms with Crippen LogP contribution in [-0.4, -0.2) is 49.1 Å². The number of amides is 1. The lowest BCUT2D eigenvalue weighted by atomic mass is 10.2. The molecule has 0 aliphatic rings. The van der Waals surface area contributed by atoms with Crippen LogP contribution < -0.4 is 5.32 Å². The summed E-state index contributed by atoms with van der Waals surface area (Å²) in [7, 11) is 1.37. The predicted octanol–water partition coefficient (Wildman–Crippen LogP) is 0.881. The Hall–Kier alpha value is -1.38. The van der Waals surface area contributed by atoms with Crippen LogP contribution in [-0.2, 0) is 19.0 Å². The number of aliphatic hydroxyl groups excluding tert-OH is 1. The van der Waals surface area contributed by atoms with E-state index in [1.54, 1.807) is 20.8 Å². The first-order valence-electron chi connectivity index (χ1n) is 6.06. The predicted molar refractivity (Wildman–Crippen MR) is 70.3 cm³/mol. The molecule has 1 amide bonds. The molecule has 0 spiro atoms. The van der Waals surface area contributed by atoms with Crippen molar-refractivity contribution in [3.8, 4) is 0 Å². The van der Waals surface area contributed by atoms with E-state index in [0.29, 0.717) is 0 Å². The van der Waals surface area contributed by atoms with Gasteiger partial charge in [0.15, 0.2) is 5.79 Å². The van der Waals surface area contributed by atoms with E-state index in [9.17, 15) is 9.90 Å². The summed E-state index contributed by atoms with van der Waals surface area (Å²) in [5, 5.41) is 15.4. The second-order valence-corrected chi connectivity index (χ2v) is 4.59. The van der Waals surface area contributed by atoms with Gasteiger partial charge in [-0.3, -0.25) is 4.79 Å². The number of rotatable bonds is 9. The molecule has 0 aromatic carbocycles. The van der Waals surface area contributed by atoms with Crippen LogP contribution in [0.1, 0.15) is 27.7 Å². The van der Waals surface area contributed by atoms with Crippen molar-refractivity contribution in [1.82, 2.24) is 5.32 Å². The number of nitrogens with one attached hydrogen (secondary N) is 1. The van der Waals surface area contributed by atoms with Gasteiger partial charge in [-0.15, -0.1) is 0 Å². The summed E-state index contributed by atoms with van der Waals surface area (Å²) >= 11 is 0. The zero-order valence-corrected chi connectivity index (χ0v) is 12.4. The maximum absolute atomic E-state index is 10.9. The van der Waals surface area contributed by atoms with E-state index < -0.39 is 24.4 Å². The van der Waals surface area contributed by atoms with Gasteiger partial charge >= 0.3 is 0 Å². The normalized spacial score (nSPS) is 15.9. The largest absolute Gasteiger partial charge is 0.390 e. The molecule has 0 aliphatic carbocycles. The van der Waals surface area contributed by atoms with Crippen LogP contribution in [0.2, 0.25) is 0 Å². The zero-order chi connectivity index (χ0) is 15.8. The van der Waals surface area contributed by atoms with Crippen molar-refractivity contribution < 1.29 is 24.1 Å². The molecule has 0 fully saturated rings. The Kier molecular flexibility index (Phi) is 8.12. The van der Waals surface area contributed by atoms with E-state index in [1.807, 2.05) is 0 Å². The zero-order valence-electron chi connectivity index (χ0n) is 12.4. The number of aliphatic hydroxyl groups is 1. The molecule has 0 heterocycles. The molecule has 9 heteroatoms. The van der Waals surface area contributed by atoms with E-state index in [-0.39, 0.29) is 12.5 Å². The molecular formula is C11H22N4O5. The summed E-state index contributed by atoms with van der Waals surface area (Å²) in [5.74, 6) is -1.44. The van der Waals surface area contributed by atoms with E-state index in [4.69, 9.17) is 19.7 Å². The van der Waals surface area contributed by atoms with E-state index in [0.717, 1.165) is 0 Å². The van der Waals surface area contributed by atoms with Crippen LogP contribution in [0.25, 0.3) is 10.4 Å². The number of nitrogens with zero attached hydrogens (tertiary/aromatic N) is 3. The van der Waals surface area contributed by atoms with Crippen LogP contribution in [0.5, 0.6) is 0 Å². The highest BCUT2D eigenvalue weighted by molar-refractivity contribution is 5.72. The lowest BCUT2D eigenvalue weighted by Gasteiger charge is -2.33. The van der Waals surface area contributed by atoms with E-state index >= 15 is 0 Å². The lowest BCUT2D eigenvalue weighted by Crippen LogP contribution is -2.46. The van der Waals surface area contributed by atoms with Crippen molar-refractivity contribution in [2.75, 3.05) is 13.7 Å². The average Bonchev–Trinajstić information content (AvgIpc) is 2.33. The first kappa shape index (κ1) is 18.6. The van der Waals surface area contributed by atoms with Gasteiger partial charge in [-0.2, -0.15) is 0 Å². The van der Waals surface area contributed by atoms with Gasteiger partial charge in [-0.05, 0) is 26.3 Å². The van der Waals surface area contributed by atoms with Gasteiger partial charge in [0, 0.05) is 18.9 Å². The smallest absolute Gasteiger partial charge is 0.242 e. The van der Waals surface area contributed by atoms with E-state index in [2.05, 4.69) is 15.3 Å². The fraction of sp³-hybridized carbons (Fsp3) is 0.909. The minimum Gasteiger partial charge on any atom is -0.390 e. The second kappa shape index (κ2) is 8.72. The third-order valence-corrected chi connectivity index (χ3v) is 2.27. The highest BCUT2D eigenvalue weighted by Gasteiger charge is 2.29. The number of methoxy groups -OCH3 is 1. The van der Waals surface area contributed by atoms with Crippen molar-refractivity contribution in [1.29, 1.82) is 0 Å². The number of carbonyl (C=O) groups is 1. The molecule has 116 valence electrons. The molecule has 0 rings (SSSR count). The molecule has 2 N–H and O–H groups in total. The van der Waals surface area contributed by atoms with Crippen LogP contribution >= 0.6 is 0 Å². The van der Waals surface area contributed by atoms with Gasteiger partial charge in [0.1, 0.15) is 0 Å². The Bertz CT molecular complexity index is 357. The fourth-order valence-corrected chi connectivity index (χ4v) is 1.38. The van der Waals surface area contributed by atoms with Gasteiger partial charge in [-0.25, -0.2) is 0 Å². The van der Waals surface area contributed by atoms with E-state index in [1.165, 1.54) is 14.0 Å². The molecule has 0 aromatic rings. The van der Waals surface area contributed by atoms with Crippen LogP contribution in [0.4, 0.5) is 0 Å². The summed E-state index contributed by atoms with van der Waals surface area (Å²) < 4.78 is 15.9. The minimum atomic E-state index is -1.13. The van der Waals surface area contributed by atoms with Crippen molar-refractivity contribution >= 4 is 5.91 Å². The highest BCUT2D eigenvalue weighted by Crippen LogP contribution is 2.18. The number of carbonyl (C=O) groups excluding carboxylic acids is 1. The number of hydrogen-bond acceptors (Lipinski definition) is 6. The molecule has 0 saturated carbocycles. The van der Waals surface area contributed by atoms with Gasteiger partial charge < -0.3 is 24.6 Å². The number of ether oxygens (including phenoxy) is 3. The molecule has 9 nitrogen and oxygen atoms in total. The molecular weight excluding hydrogens is 268 g/mol. The van der Waals surface area contributed by atoms with Crippen molar-refractivity contribution in [3.63, 3.8) is 0 Å². The fourth-order valence-electron chi connectivity index (χ4n) is 1.38. The topological polar surface area (TPSA) is 126 Å². The first-order valence-corrected chi connectivity index (χ1v) is 6.06.